The van der Waals surface area contributed by atoms with E-state index in [0.717, 1.165) is 5.56 Å². The summed E-state index contributed by atoms with van der Waals surface area (Å²) in [7, 11) is 0. The van der Waals surface area contributed by atoms with Crippen LogP contribution in [0.25, 0.3) is 11.0 Å². The Balaban J connectivity index is 1.34. The van der Waals surface area contributed by atoms with Crippen LogP contribution < -0.4 is 20.4 Å². The second-order valence-electron chi connectivity index (χ2n) is 8.25. The summed E-state index contributed by atoms with van der Waals surface area (Å²) in [6, 6.07) is 20.1. The number of benzene rings is 3. The summed E-state index contributed by atoms with van der Waals surface area (Å²) in [5.41, 5.74) is 0.212. The van der Waals surface area contributed by atoms with Gasteiger partial charge >= 0.3 is 11.6 Å². The number of hydrogen-bond acceptors (Lipinski definition) is 6. The molecule has 4 rings (SSSR count). The topological polar surface area (TPSA) is 94.8 Å². The maximum Gasteiger partial charge on any atom is 0.349 e. The molecule has 0 aliphatic heterocycles. The molecule has 0 saturated carbocycles. The molecule has 9 heteroatoms. The lowest BCUT2D eigenvalue weighted by molar-refractivity contribution is -0.134. The molecule has 0 aliphatic carbocycles. The number of esters is 1. The third-order valence-corrected chi connectivity index (χ3v) is 6.04. The highest BCUT2D eigenvalue weighted by molar-refractivity contribution is 6.35. The lowest BCUT2D eigenvalue weighted by Crippen LogP contribution is -2.30. The van der Waals surface area contributed by atoms with E-state index in [4.69, 9.17) is 37.1 Å². The van der Waals surface area contributed by atoms with Gasteiger partial charge in [-0.3, -0.25) is 9.59 Å². The van der Waals surface area contributed by atoms with Crippen LogP contribution in [0.3, 0.4) is 0 Å². The summed E-state index contributed by atoms with van der Waals surface area (Å²) in [4.78, 5) is 37.4. The molecule has 0 spiro atoms. The van der Waals surface area contributed by atoms with Crippen LogP contribution in [0, 0.1) is 0 Å². The molecule has 0 radical (unpaired) electrons. The first-order valence-corrected chi connectivity index (χ1v) is 12.3. The fraction of sp³-hybridized carbons (Fsp3) is 0.179. The predicted molar refractivity (Wildman–Crippen MR) is 142 cm³/mol. The second-order valence-corrected chi connectivity index (χ2v) is 9.10. The highest BCUT2D eigenvalue weighted by atomic mass is 35.5. The monoisotopic (exact) mass is 539 g/mol. The lowest BCUT2D eigenvalue weighted by atomic mass is 10.1. The fourth-order valence-corrected chi connectivity index (χ4v) is 4.05. The largest absolute Gasteiger partial charge is 0.492 e. The number of halogens is 2. The van der Waals surface area contributed by atoms with Gasteiger partial charge in [0.15, 0.2) is 0 Å². The van der Waals surface area contributed by atoms with Crippen molar-refractivity contribution in [1.82, 2.24) is 5.32 Å². The summed E-state index contributed by atoms with van der Waals surface area (Å²) in [6.07, 6.45) is 0.506. The number of rotatable bonds is 9. The van der Waals surface area contributed by atoms with Crippen molar-refractivity contribution in [2.75, 3.05) is 6.61 Å². The molecule has 4 aromatic rings. The van der Waals surface area contributed by atoms with Gasteiger partial charge in [0.25, 0.3) is 5.91 Å². The number of fused-ring (bicyclic) bond motifs is 1. The minimum absolute atomic E-state index is 0.103. The second kappa shape index (κ2) is 12.0. The molecule has 1 heterocycles. The van der Waals surface area contributed by atoms with Gasteiger partial charge in [-0.05, 0) is 55.3 Å². The quantitative estimate of drug-likeness (QED) is 0.115. The van der Waals surface area contributed by atoms with E-state index < -0.39 is 17.5 Å². The van der Waals surface area contributed by atoms with Crippen molar-refractivity contribution in [3.05, 3.63) is 104 Å². The number of nitrogens with one attached hydrogen (secondary N) is 1. The Morgan fingerprint density at radius 2 is 1.78 bits per heavy atom. The van der Waals surface area contributed by atoms with Crippen molar-refractivity contribution >= 4 is 46.0 Å². The minimum atomic E-state index is -0.785. The van der Waals surface area contributed by atoms with Gasteiger partial charge < -0.3 is 19.2 Å². The molecule has 37 heavy (non-hydrogen) atoms. The normalized spacial score (nSPS) is 11.6. The average Bonchev–Trinajstić information content (AvgIpc) is 2.87. The maximum absolute atomic E-state index is 12.7. The first-order valence-electron chi connectivity index (χ1n) is 11.5. The van der Waals surface area contributed by atoms with Crippen LogP contribution in [-0.2, 0) is 4.79 Å². The SMILES string of the molecule is CC(NC(=O)c1cc2ccc(OC(=O)CCCOc3ccc(Cl)cc3Cl)cc2oc1=O)c1ccccc1. The summed E-state index contributed by atoms with van der Waals surface area (Å²) < 4.78 is 16.3. The van der Waals surface area contributed by atoms with Gasteiger partial charge in [0.05, 0.1) is 17.7 Å². The van der Waals surface area contributed by atoms with E-state index in [1.165, 1.54) is 12.1 Å². The Bertz CT molecular complexity index is 1490. The fourth-order valence-electron chi connectivity index (χ4n) is 3.59. The standard InChI is InChI=1S/C28H23Cl2NO6/c1-17(18-6-3-2-4-7-18)31-27(33)22-14-19-9-11-21(16-25(19)37-28(22)34)36-26(32)8-5-13-35-24-12-10-20(29)15-23(24)30/h2-4,6-7,9-12,14-17H,5,8,13H2,1H3,(H,31,33). The molecule has 7 nitrogen and oxygen atoms in total. The van der Waals surface area contributed by atoms with Crippen molar-refractivity contribution in [2.45, 2.75) is 25.8 Å². The smallest absolute Gasteiger partial charge is 0.349 e. The molecule has 1 aromatic heterocycles. The van der Waals surface area contributed by atoms with Crippen LogP contribution in [0.15, 0.2) is 82.0 Å². The molecule has 1 unspecified atom stereocenters. The number of hydrogen-bond donors (Lipinski definition) is 1. The van der Waals surface area contributed by atoms with E-state index in [1.807, 2.05) is 37.3 Å². The van der Waals surface area contributed by atoms with Gasteiger partial charge in [0.2, 0.25) is 0 Å². The molecule has 0 bridgehead atoms. The number of amides is 1. The van der Waals surface area contributed by atoms with Gasteiger partial charge in [-0.25, -0.2) is 4.79 Å². The van der Waals surface area contributed by atoms with Crippen molar-refractivity contribution in [2.24, 2.45) is 0 Å². The van der Waals surface area contributed by atoms with Crippen LogP contribution in [0.1, 0.15) is 41.7 Å². The van der Waals surface area contributed by atoms with E-state index in [-0.39, 0.29) is 36.0 Å². The highest BCUT2D eigenvalue weighted by Crippen LogP contribution is 2.27. The van der Waals surface area contributed by atoms with Gasteiger partial charge in [-0.15, -0.1) is 0 Å². The molecule has 0 fully saturated rings. The number of carbonyl (C=O) groups excluding carboxylic acids is 2. The summed E-state index contributed by atoms with van der Waals surface area (Å²) in [6.45, 7) is 2.09. The van der Waals surface area contributed by atoms with E-state index in [0.29, 0.717) is 27.6 Å². The third kappa shape index (κ3) is 6.90. The van der Waals surface area contributed by atoms with Gasteiger partial charge in [-0.2, -0.15) is 0 Å². The van der Waals surface area contributed by atoms with Crippen LogP contribution in [0.4, 0.5) is 0 Å². The Hall–Kier alpha value is -3.81. The summed E-state index contributed by atoms with van der Waals surface area (Å²) in [5.74, 6) is -0.313. The summed E-state index contributed by atoms with van der Waals surface area (Å²) >= 11 is 11.9. The van der Waals surface area contributed by atoms with Crippen LogP contribution >= 0.6 is 23.2 Å². The Kier molecular flexibility index (Phi) is 8.48. The maximum atomic E-state index is 12.7. The van der Waals surface area contributed by atoms with Gasteiger partial charge in [0, 0.05) is 22.9 Å². The minimum Gasteiger partial charge on any atom is -0.492 e. The highest BCUT2D eigenvalue weighted by Gasteiger charge is 2.17. The zero-order chi connectivity index (χ0) is 26.4. The summed E-state index contributed by atoms with van der Waals surface area (Å²) in [5, 5.41) is 4.21. The van der Waals surface area contributed by atoms with E-state index in [9.17, 15) is 14.4 Å². The number of carbonyl (C=O) groups is 2. The van der Waals surface area contributed by atoms with Crippen molar-refractivity contribution < 1.29 is 23.5 Å². The first kappa shape index (κ1) is 26.3. The van der Waals surface area contributed by atoms with Crippen LogP contribution in [0.5, 0.6) is 11.5 Å². The van der Waals surface area contributed by atoms with E-state index >= 15 is 0 Å². The van der Waals surface area contributed by atoms with Gasteiger partial charge in [-0.1, -0.05) is 53.5 Å². The zero-order valence-electron chi connectivity index (χ0n) is 19.8. The zero-order valence-corrected chi connectivity index (χ0v) is 21.3. The van der Waals surface area contributed by atoms with Crippen molar-refractivity contribution in [3.8, 4) is 11.5 Å². The molecule has 1 amide bonds. The Labute approximate surface area is 222 Å². The molecule has 1 N–H and O–H groups in total. The van der Waals surface area contributed by atoms with Crippen LogP contribution in [-0.4, -0.2) is 18.5 Å². The molecule has 1 atom stereocenters. The van der Waals surface area contributed by atoms with Gasteiger partial charge in [0.1, 0.15) is 22.6 Å². The molecule has 0 saturated heterocycles. The predicted octanol–water partition coefficient (Wildman–Crippen LogP) is 6.36. The number of ether oxygens (including phenoxy) is 2. The lowest BCUT2D eigenvalue weighted by Gasteiger charge is -2.14. The molecule has 190 valence electrons. The third-order valence-electron chi connectivity index (χ3n) is 5.51. The molecular weight excluding hydrogens is 517 g/mol. The van der Waals surface area contributed by atoms with E-state index in [2.05, 4.69) is 5.32 Å². The first-order chi connectivity index (χ1) is 17.8. The molecular formula is C28H23Cl2NO6. The van der Waals surface area contributed by atoms with Crippen molar-refractivity contribution in [3.63, 3.8) is 0 Å². The molecule has 3 aromatic carbocycles. The Morgan fingerprint density at radius 1 is 1.00 bits per heavy atom. The molecule has 0 aliphatic rings. The van der Waals surface area contributed by atoms with Crippen LogP contribution in [0.2, 0.25) is 10.0 Å². The van der Waals surface area contributed by atoms with Crippen molar-refractivity contribution in [1.29, 1.82) is 0 Å². The Morgan fingerprint density at radius 3 is 2.54 bits per heavy atom. The van der Waals surface area contributed by atoms with E-state index in [1.54, 1.807) is 30.3 Å². The average molecular weight is 540 g/mol.